The molecule has 2 N–H and O–H groups in total. The maximum atomic E-state index is 17.1. The smallest absolute Gasteiger partial charge is 0.319 e. The van der Waals surface area contributed by atoms with Crippen molar-refractivity contribution in [2.75, 3.05) is 81.9 Å². The van der Waals surface area contributed by atoms with E-state index in [1.54, 1.807) is 17.2 Å². The van der Waals surface area contributed by atoms with Crippen molar-refractivity contribution in [3.63, 3.8) is 0 Å². The quantitative estimate of drug-likeness (QED) is 0.122. The fourth-order valence-corrected chi connectivity index (χ4v) is 13.2. The number of carbonyl (C=O) groups excluding carboxylic acids is 3. The van der Waals surface area contributed by atoms with Gasteiger partial charge in [-0.1, -0.05) is 18.1 Å². The minimum atomic E-state index is -0.607. The normalized spacial score (nSPS) is 27.2. The molecular formula is C54H56FN9O5. The van der Waals surface area contributed by atoms with Crippen molar-refractivity contribution in [3.8, 4) is 35.4 Å². The first-order valence-corrected chi connectivity index (χ1v) is 25.0. The molecule has 3 saturated carbocycles. The number of imide groups is 1. The summed E-state index contributed by atoms with van der Waals surface area (Å²) in [6, 6.07) is 14.3. The van der Waals surface area contributed by atoms with Crippen molar-refractivity contribution < 1.29 is 28.6 Å². The highest BCUT2D eigenvalue weighted by Gasteiger charge is 2.57. The van der Waals surface area contributed by atoms with Gasteiger partial charge in [0.25, 0.3) is 5.91 Å². The SMILES string of the molecule is C#Cc1cccc2cc(O)cc(-c3ncc4c(N5CC6CCC(C6)C5)nc(OCC5(CN6C[C@@H]7C(CN8CCN(c9ccc%10c(c9)CN([C@H]9CCC(=O)NC9=O)C%10=O)CC8)[C@@H]7C6)CC5)nc4c3F)c12. The predicted molar refractivity (Wildman–Crippen MR) is 258 cm³/mol. The number of hydrogen-bond acceptors (Lipinski definition) is 12. The number of nitrogens with zero attached hydrogens (tertiary/aromatic N) is 8. The fourth-order valence-electron chi connectivity index (χ4n) is 13.2. The van der Waals surface area contributed by atoms with Crippen LogP contribution in [0.2, 0.25) is 0 Å². The molecule has 8 aliphatic rings. The molecule has 2 aromatic heterocycles. The van der Waals surface area contributed by atoms with Gasteiger partial charge in [0.15, 0.2) is 5.82 Å². The summed E-state index contributed by atoms with van der Waals surface area (Å²) in [6.45, 7) is 10.8. The van der Waals surface area contributed by atoms with Crippen LogP contribution in [0, 0.1) is 53.2 Å². The zero-order chi connectivity index (χ0) is 46.7. The molecule has 3 aliphatic carbocycles. The molecule has 14 nitrogen and oxygen atoms in total. The van der Waals surface area contributed by atoms with Crippen LogP contribution < -0.4 is 19.9 Å². The van der Waals surface area contributed by atoms with E-state index in [0.717, 1.165) is 107 Å². The van der Waals surface area contributed by atoms with Crippen molar-refractivity contribution >= 4 is 50.9 Å². The molecule has 354 valence electrons. The Bertz CT molecular complexity index is 2990. The summed E-state index contributed by atoms with van der Waals surface area (Å²) in [7, 11) is 0. The first-order valence-electron chi connectivity index (χ1n) is 25.0. The number of rotatable bonds is 11. The van der Waals surface area contributed by atoms with Crippen LogP contribution in [0.25, 0.3) is 32.9 Å². The average molecular weight is 930 g/mol. The van der Waals surface area contributed by atoms with Crippen LogP contribution in [0.5, 0.6) is 11.8 Å². The summed E-state index contributed by atoms with van der Waals surface area (Å²) in [4.78, 5) is 63.5. The molecule has 3 aromatic carbocycles. The number of pyridine rings is 1. The number of terminal acetylenes is 1. The third kappa shape index (κ3) is 7.62. The van der Waals surface area contributed by atoms with Gasteiger partial charge in [-0.15, -0.1) is 6.42 Å². The summed E-state index contributed by atoms with van der Waals surface area (Å²) in [5, 5.41) is 15.0. The molecule has 3 amide bonds. The maximum absolute atomic E-state index is 17.1. The second kappa shape index (κ2) is 16.4. The largest absolute Gasteiger partial charge is 0.508 e. The van der Waals surface area contributed by atoms with Gasteiger partial charge >= 0.3 is 6.01 Å². The van der Waals surface area contributed by atoms with E-state index in [1.165, 1.54) is 25.3 Å². The molecule has 69 heavy (non-hydrogen) atoms. The molecule has 4 saturated heterocycles. The molecule has 5 aliphatic heterocycles. The van der Waals surface area contributed by atoms with E-state index in [4.69, 9.17) is 21.1 Å². The molecule has 3 unspecified atom stereocenters. The molecule has 7 fully saturated rings. The summed E-state index contributed by atoms with van der Waals surface area (Å²) in [6.07, 6.45) is 14.0. The topological polar surface area (TPSA) is 148 Å². The van der Waals surface area contributed by atoms with E-state index in [1.807, 2.05) is 30.3 Å². The highest BCUT2D eigenvalue weighted by atomic mass is 19.1. The number of hydrogen-bond donors (Lipinski definition) is 2. The number of piperazine rings is 1. The van der Waals surface area contributed by atoms with Crippen LogP contribution in [0.15, 0.2) is 54.7 Å². The summed E-state index contributed by atoms with van der Waals surface area (Å²) >= 11 is 0. The van der Waals surface area contributed by atoms with Crippen LogP contribution in [0.1, 0.15) is 66.4 Å². The first kappa shape index (κ1) is 42.7. The van der Waals surface area contributed by atoms with E-state index >= 15 is 4.39 Å². The van der Waals surface area contributed by atoms with E-state index in [-0.39, 0.29) is 52.5 Å². The number of piperidine rings is 3. The number of aromatic nitrogens is 3. The lowest BCUT2D eigenvalue weighted by atomic mass is 9.96. The van der Waals surface area contributed by atoms with Crippen LogP contribution in [-0.2, 0) is 16.1 Å². The molecule has 13 rings (SSSR count). The Morgan fingerprint density at radius 3 is 2.45 bits per heavy atom. The first-order chi connectivity index (χ1) is 33.6. The Morgan fingerprint density at radius 1 is 0.899 bits per heavy atom. The Balaban J connectivity index is 0.647. The molecule has 7 heterocycles. The van der Waals surface area contributed by atoms with Crippen molar-refractivity contribution in [2.24, 2.45) is 35.0 Å². The minimum Gasteiger partial charge on any atom is -0.508 e. The van der Waals surface area contributed by atoms with Gasteiger partial charge in [-0.2, -0.15) is 9.97 Å². The third-order valence-corrected chi connectivity index (χ3v) is 17.1. The lowest BCUT2D eigenvalue weighted by molar-refractivity contribution is -0.136. The zero-order valence-electron chi connectivity index (χ0n) is 38.7. The van der Waals surface area contributed by atoms with Gasteiger partial charge in [0.1, 0.15) is 28.8 Å². The Labute approximate surface area is 400 Å². The average Bonchev–Trinajstić information content (AvgIpc) is 4.08. The zero-order valence-corrected chi connectivity index (χ0v) is 38.7. The number of anilines is 2. The fraction of sp³-hybridized carbons (Fsp3) is 0.481. The number of halogens is 1. The van der Waals surface area contributed by atoms with Crippen LogP contribution >= 0.6 is 0 Å². The lowest BCUT2D eigenvalue weighted by Crippen LogP contribution is -2.52. The van der Waals surface area contributed by atoms with Crippen molar-refractivity contribution in [1.29, 1.82) is 0 Å². The molecule has 6 atom stereocenters. The Morgan fingerprint density at radius 2 is 1.70 bits per heavy atom. The second-order valence-electron chi connectivity index (χ2n) is 21.5. The van der Waals surface area contributed by atoms with Gasteiger partial charge in [-0.3, -0.25) is 29.6 Å². The standard InChI is InChI=1S/C54H56FN9O5/c1-2-33-4-3-5-34-20-37(65)21-39(46(33)34)48-47(55)49-40(22-56-48)50(63-23-31-6-7-32(18-31)24-63)59-53(58-49)69-30-54(12-13-54)29-61-27-42-41(43(42)28-61)26-60-14-16-62(17-15-60)36-8-9-38-35(19-36)25-64(52(38)68)44-10-11-45(66)57-51(44)67/h1,3-5,8-9,19-22,31-32,41-44,65H,6-7,10-18,23-30H2,(H,57,66,67)/t31?,32?,41?,42-,43+,44-/m0/s1. The molecule has 5 aromatic rings. The van der Waals surface area contributed by atoms with E-state index in [9.17, 15) is 19.5 Å². The maximum Gasteiger partial charge on any atom is 0.319 e. The predicted octanol–water partition coefficient (Wildman–Crippen LogP) is 5.83. The highest BCUT2D eigenvalue weighted by molar-refractivity contribution is 6.06. The van der Waals surface area contributed by atoms with Crippen molar-refractivity contribution in [1.82, 2.24) is 35.0 Å². The number of carbonyl (C=O) groups is 3. The second-order valence-corrected chi connectivity index (χ2v) is 21.5. The number of fused-ring (bicyclic) bond motifs is 6. The minimum absolute atomic E-state index is 0.00242. The number of nitrogens with one attached hydrogen (secondary N) is 1. The summed E-state index contributed by atoms with van der Waals surface area (Å²) in [5.74, 6) is 5.35. The van der Waals surface area contributed by atoms with E-state index < -0.39 is 11.9 Å². The monoisotopic (exact) mass is 929 g/mol. The number of benzene rings is 3. The van der Waals surface area contributed by atoms with Gasteiger partial charge in [-0.25, -0.2) is 4.39 Å². The van der Waals surface area contributed by atoms with Crippen LogP contribution in [-0.4, -0.2) is 131 Å². The highest BCUT2D eigenvalue weighted by Crippen LogP contribution is 2.55. The van der Waals surface area contributed by atoms with Crippen LogP contribution in [0.4, 0.5) is 15.9 Å². The molecule has 15 heteroatoms. The van der Waals surface area contributed by atoms with Gasteiger partial charge < -0.3 is 29.4 Å². The molecule has 0 radical (unpaired) electrons. The Kier molecular flexibility index (Phi) is 10.1. The van der Waals surface area contributed by atoms with Gasteiger partial charge in [0.2, 0.25) is 11.8 Å². The lowest BCUT2D eigenvalue weighted by Gasteiger charge is -2.37. The number of likely N-dealkylation sites (tertiary alicyclic amines) is 1. The van der Waals surface area contributed by atoms with Gasteiger partial charge in [0.05, 0.1) is 12.0 Å². The number of phenolic OH excluding ortho intramolecular Hbond substituents is 1. The van der Waals surface area contributed by atoms with Crippen LogP contribution in [0.3, 0.4) is 0 Å². The van der Waals surface area contributed by atoms with Gasteiger partial charge in [0, 0.05) is 118 Å². The Hall–Kier alpha value is -6.37. The summed E-state index contributed by atoms with van der Waals surface area (Å²) in [5.41, 5.74) is 3.96. The number of amides is 3. The van der Waals surface area contributed by atoms with Crippen molar-refractivity contribution in [2.45, 2.75) is 57.5 Å². The van der Waals surface area contributed by atoms with E-state index in [0.29, 0.717) is 70.1 Å². The van der Waals surface area contributed by atoms with Crippen molar-refractivity contribution in [3.05, 3.63) is 77.2 Å². The molecular weight excluding hydrogens is 874 g/mol. The number of aromatic hydroxyl groups is 1. The van der Waals surface area contributed by atoms with E-state index in [2.05, 4.69) is 41.9 Å². The molecule has 0 spiro atoms. The van der Waals surface area contributed by atoms with Gasteiger partial charge in [-0.05, 0) is 115 Å². The molecule has 2 bridgehead atoms. The number of ether oxygens (including phenoxy) is 1. The third-order valence-electron chi connectivity index (χ3n) is 17.1. The number of phenols is 1. The summed E-state index contributed by atoms with van der Waals surface area (Å²) < 4.78 is 23.7.